The standard InChI is InChI=1S/C20H21NO4/c21-18(10-5-11-19(22)23)20(24)25-12-17-15-8-3-1-6-13(15)14-7-2-4-9-16(14)17/h1-4,6-9,17-18H,5,10-12,21H2,(H,22,23). The Morgan fingerprint density at radius 1 is 1.04 bits per heavy atom. The number of hydrogen-bond donors (Lipinski definition) is 2. The van der Waals surface area contributed by atoms with Gasteiger partial charge in [-0.25, -0.2) is 0 Å². The number of carbonyl (C=O) groups excluding carboxylic acids is 1. The lowest BCUT2D eigenvalue weighted by molar-refractivity contribution is -0.146. The van der Waals surface area contributed by atoms with Crippen molar-refractivity contribution in [1.29, 1.82) is 0 Å². The first kappa shape index (κ1) is 17.2. The van der Waals surface area contributed by atoms with Crippen LogP contribution in [0.1, 0.15) is 36.3 Å². The molecule has 0 saturated carbocycles. The summed E-state index contributed by atoms with van der Waals surface area (Å²) >= 11 is 0. The zero-order valence-corrected chi connectivity index (χ0v) is 13.9. The van der Waals surface area contributed by atoms with Gasteiger partial charge in [-0.1, -0.05) is 48.5 Å². The molecule has 25 heavy (non-hydrogen) atoms. The Hall–Kier alpha value is -2.66. The van der Waals surface area contributed by atoms with Crippen molar-refractivity contribution in [3.8, 4) is 11.1 Å². The summed E-state index contributed by atoms with van der Waals surface area (Å²) in [6.07, 6.45) is 0.675. The summed E-state index contributed by atoms with van der Waals surface area (Å²) in [6.45, 7) is 0.236. The number of benzene rings is 2. The third kappa shape index (κ3) is 3.72. The molecule has 2 aromatic rings. The van der Waals surface area contributed by atoms with Gasteiger partial charge in [-0.15, -0.1) is 0 Å². The predicted molar refractivity (Wildman–Crippen MR) is 94.1 cm³/mol. The fraction of sp³-hybridized carbons (Fsp3) is 0.300. The van der Waals surface area contributed by atoms with E-state index >= 15 is 0 Å². The summed E-state index contributed by atoms with van der Waals surface area (Å²) in [6, 6.07) is 15.5. The second-order valence-corrected chi connectivity index (χ2v) is 6.25. The number of fused-ring (bicyclic) bond motifs is 3. The van der Waals surface area contributed by atoms with Gasteiger partial charge in [0.25, 0.3) is 0 Å². The van der Waals surface area contributed by atoms with E-state index in [1.54, 1.807) is 0 Å². The SMILES string of the molecule is NC(CCCC(=O)O)C(=O)OCC1c2ccccc2-c2ccccc21. The molecule has 0 spiro atoms. The molecule has 0 saturated heterocycles. The fourth-order valence-corrected chi connectivity index (χ4v) is 3.30. The van der Waals surface area contributed by atoms with Crippen LogP contribution in [0.25, 0.3) is 11.1 Å². The Balaban J connectivity index is 1.65. The number of carbonyl (C=O) groups is 2. The van der Waals surface area contributed by atoms with E-state index in [9.17, 15) is 9.59 Å². The smallest absolute Gasteiger partial charge is 0.322 e. The van der Waals surface area contributed by atoms with Gasteiger partial charge in [-0.2, -0.15) is 0 Å². The lowest BCUT2D eigenvalue weighted by Gasteiger charge is -2.16. The normalized spacial score (nSPS) is 13.8. The molecular formula is C20H21NO4. The molecule has 0 heterocycles. The van der Waals surface area contributed by atoms with Crippen molar-refractivity contribution >= 4 is 11.9 Å². The lowest BCUT2D eigenvalue weighted by Crippen LogP contribution is -2.33. The van der Waals surface area contributed by atoms with Crippen molar-refractivity contribution in [2.75, 3.05) is 6.61 Å². The number of aliphatic carboxylic acids is 1. The number of hydrogen-bond acceptors (Lipinski definition) is 4. The molecular weight excluding hydrogens is 318 g/mol. The van der Waals surface area contributed by atoms with E-state index in [0.29, 0.717) is 12.8 Å². The van der Waals surface area contributed by atoms with Crippen LogP contribution < -0.4 is 5.73 Å². The molecule has 0 aliphatic heterocycles. The van der Waals surface area contributed by atoms with Gasteiger partial charge in [0.05, 0.1) is 0 Å². The maximum absolute atomic E-state index is 12.1. The second-order valence-electron chi connectivity index (χ2n) is 6.25. The van der Waals surface area contributed by atoms with Crippen molar-refractivity contribution in [3.63, 3.8) is 0 Å². The number of carboxylic acids is 1. The zero-order valence-electron chi connectivity index (χ0n) is 13.9. The van der Waals surface area contributed by atoms with Gasteiger partial charge < -0.3 is 15.6 Å². The Labute approximate surface area is 146 Å². The molecule has 0 aromatic heterocycles. The molecule has 3 N–H and O–H groups in total. The summed E-state index contributed by atoms with van der Waals surface area (Å²) in [7, 11) is 0. The predicted octanol–water partition coefficient (Wildman–Crippen LogP) is 2.92. The summed E-state index contributed by atoms with van der Waals surface area (Å²) < 4.78 is 5.45. The molecule has 1 aliphatic carbocycles. The van der Waals surface area contributed by atoms with Gasteiger partial charge in [-0.3, -0.25) is 9.59 Å². The van der Waals surface area contributed by atoms with Crippen LogP contribution in [0.4, 0.5) is 0 Å². The molecule has 0 fully saturated rings. The lowest BCUT2D eigenvalue weighted by atomic mass is 9.98. The highest BCUT2D eigenvalue weighted by atomic mass is 16.5. The number of ether oxygens (including phenoxy) is 1. The monoisotopic (exact) mass is 339 g/mol. The van der Waals surface area contributed by atoms with Crippen LogP contribution in [0.5, 0.6) is 0 Å². The molecule has 1 unspecified atom stereocenters. The third-order valence-corrected chi connectivity index (χ3v) is 4.56. The Bertz CT molecular complexity index is 741. The first-order chi connectivity index (χ1) is 12.1. The number of carboxylic acid groups (broad SMARTS) is 1. The largest absolute Gasteiger partial charge is 0.481 e. The minimum Gasteiger partial charge on any atom is -0.481 e. The molecule has 0 radical (unpaired) electrons. The highest BCUT2D eigenvalue weighted by Gasteiger charge is 2.29. The second kappa shape index (κ2) is 7.49. The van der Waals surface area contributed by atoms with Crippen molar-refractivity contribution in [3.05, 3.63) is 59.7 Å². The van der Waals surface area contributed by atoms with Crippen molar-refractivity contribution < 1.29 is 19.4 Å². The number of nitrogens with two attached hydrogens (primary N) is 1. The van der Waals surface area contributed by atoms with Gasteiger partial charge in [0.15, 0.2) is 0 Å². The molecule has 5 heteroatoms. The minimum atomic E-state index is -0.889. The van der Waals surface area contributed by atoms with Crippen LogP contribution >= 0.6 is 0 Å². The Morgan fingerprint density at radius 2 is 1.60 bits per heavy atom. The quantitative estimate of drug-likeness (QED) is 0.757. The molecule has 1 aliphatic rings. The molecule has 1 atom stereocenters. The van der Waals surface area contributed by atoms with Crippen LogP contribution in [-0.4, -0.2) is 29.7 Å². The van der Waals surface area contributed by atoms with E-state index in [0.717, 1.165) is 11.1 Å². The molecule has 130 valence electrons. The summed E-state index contributed by atoms with van der Waals surface area (Å²) in [5.41, 5.74) is 10.5. The molecule has 2 aromatic carbocycles. The van der Waals surface area contributed by atoms with Gasteiger partial charge >= 0.3 is 11.9 Å². The van der Waals surface area contributed by atoms with E-state index < -0.39 is 18.0 Å². The maximum atomic E-state index is 12.1. The van der Waals surface area contributed by atoms with Gasteiger partial charge in [0.1, 0.15) is 12.6 Å². The molecule has 5 nitrogen and oxygen atoms in total. The van der Waals surface area contributed by atoms with Crippen LogP contribution in [0.2, 0.25) is 0 Å². The van der Waals surface area contributed by atoms with E-state index in [-0.39, 0.29) is 18.9 Å². The van der Waals surface area contributed by atoms with E-state index in [1.165, 1.54) is 11.1 Å². The van der Waals surface area contributed by atoms with Crippen LogP contribution in [-0.2, 0) is 14.3 Å². The summed E-state index contributed by atoms with van der Waals surface area (Å²) in [4.78, 5) is 22.6. The average Bonchev–Trinajstić information content (AvgIpc) is 2.93. The molecule has 3 rings (SSSR count). The first-order valence-corrected chi connectivity index (χ1v) is 8.40. The highest BCUT2D eigenvalue weighted by Crippen LogP contribution is 2.44. The average molecular weight is 339 g/mol. The number of esters is 1. The van der Waals surface area contributed by atoms with Crippen LogP contribution in [0.3, 0.4) is 0 Å². The van der Waals surface area contributed by atoms with Crippen molar-refractivity contribution in [1.82, 2.24) is 0 Å². The topological polar surface area (TPSA) is 89.6 Å². The van der Waals surface area contributed by atoms with Crippen molar-refractivity contribution in [2.24, 2.45) is 5.73 Å². The molecule has 0 bridgehead atoms. The third-order valence-electron chi connectivity index (χ3n) is 4.56. The zero-order chi connectivity index (χ0) is 17.8. The van der Waals surface area contributed by atoms with Gasteiger partial charge in [-0.05, 0) is 35.1 Å². The van der Waals surface area contributed by atoms with Gasteiger partial charge in [0.2, 0.25) is 0 Å². The van der Waals surface area contributed by atoms with Crippen LogP contribution in [0, 0.1) is 0 Å². The van der Waals surface area contributed by atoms with E-state index in [4.69, 9.17) is 15.6 Å². The number of rotatable bonds is 7. The minimum absolute atomic E-state index is 0.00238. The van der Waals surface area contributed by atoms with Gasteiger partial charge in [0, 0.05) is 12.3 Å². The Kier molecular flexibility index (Phi) is 5.14. The van der Waals surface area contributed by atoms with E-state index in [2.05, 4.69) is 24.3 Å². The van der Waals surface area contributed by atoms with Crippen molar-refractivity contribution in [2.45, 2.75) is 31.2 Å². The maximum Gasteiger partial charge on any atom is 0.322 e. The fourth-order valence-electron chi connectivity index (χ4n) is 3.30. The Morgan fingerprint density at radius 3 is 2.16 bits per heavy atom. The first-order valence-electron chi connectivity index (χ1n) is 8.40. The summed E-state index contributed by atoms with van der Waals surface area (Å²) in [5, 5.41) is 8.64. The van der Waals surface area contributed by atoms with Crippen LogP contribution in [0.15, 0.2) is 48.5 Å². The summed E-state index contributed by atoms with van der Waals surface area (Å²) in [5.74, 6) is -1.37. The highest BCUT2D eigenvalue weighted by molar-refractivity contribution is 5.79. The molecule has 0 amide bonds. The van der Waals surface area contributed by atoms with E-state index in [1.807, 2.05) is 24.3 Å².